The van der Waals surface area contributed by atoms with E-state index in [9.17, 15) is 31.2 Å². The molecule has 1 aliphatic carbocycles. The number of benzene rings is 1. The van der Waals surface area contributed by atoms with E-state index < -0.39 is 45.2 Å². The van der Waals surface area contributed by atoms with Crippen molar-refractivity contribution in [3.63, 3.8) is 0 Å². The highest BCUT2D eigenvalue weighted by molar-refractivity contribution is 7.89. The van der Waals surface area contributed by atoms with Gasteiger partial charge in [0, 0.05) is 19.1 Å². The average molecular weight is 434 g/mol. The molecule has 0 aromatic heterocycles. The van der Waals surface area contributed by atoms with Crippen LogP contribution in [-0.4, -0.2) is 50.3 Å². The number of alkyl halides is 3. The van der Waals surface area contributed by atoms with E-state index >= 15 is 0 Å². The van der Waals surface area contributed by atoms with Crippen LogP contribution >= 0.6 is 0 Å². The van der Waals surface area contributed by atoms with Crippen LogP contribution in [0.1, 0.15) is 31.2 Å². The Labute approximate surface area is 166 Å². The third kappa shape index (κ3) is 5.27. The van der Waals surface area contributed by atoms with Crippen LogP contribution in [0.2, 0.25) is 0 Å². The van der Waals surface area contributed by atoms with Crippen molar-refractivity contribution in [2.45, 2.75) is 42.8 Å². The molecule has 0 unspecified atom stereocenters. The molecule has 1 N–H and O–H groups in total. The Kier molecular flexibility index (Phi) is 6.18. The molecule has 1 aliphatic heterocycles. The second kappa shape index (κ2) is 8.31. The molecule has 7 nitrogen and oxygen atoms in total. The van der Waals surface area contributed by atoms with Gasteiger partial charge in [-0.05, 0) is 37.8 Å². The molecule has 3 rings (SSSR count). The monoisotopic (exact) mass is 434 g/mol. The van der Waals surface area contributed by atoms with Gasteiger partial charge in [0.05, 0.1) is 16.4 Å². The number of carbonyl (C=O) groups is 2. The lowest BCUT2D eigenvalue weighted by Gasteiger charge is -2.30. The van der Waals surface area contributed by atoms with Crippen molar-refractivity contribution in [2.24, 2.45) is 5.92 Å². The third-order valence-electron chi connectivity index (χ3n) is 4.89. The predicted molar refractivity (Wildman–Crippen MR) is 95.1 cm³/mol. The van der Waals surface area contributed by atoms with Crippen molar-refractivity contribution in [3.05, 3.63) is 29.8 Å². The molecule has 160 valence electrons. The maximum Gasteiger partial charge on any atom is 0.417 e. The first kappa shape index (κ1) is 21.6. The molecule has 29 heavy (non-hydrogen) atoms. The van der Waals surface area contributed by atoms with E-state index in [0.29, 0.717) is 0 Å². The quantitative estimate of drug-likeness (QED) is 0.691. The van der Waals surface area contributed by atoms with Crippen LogP contribution in [0, 0.1) is 5.92 Å². The minimum absolute atomic E-state index is 0.108. The van der Waals surface area contributed by atoms with Crippen LogP contribution < -0.4 is 5.32 Å². The average Bonchev–Trinajstić information content (AvgIpc) is 3.49. The number of piperidine rings is 1. The molecule has 2 fully saturated rings. The van der Waals surface area contributed by atoms with Gasteiger partial charge < -0.3 is 10.1 Å². The summed E-state index contributed by atoms with van der Waals surface area (Å²) in [6.45, 7) is -0.613. The summed E-state index contributed by atoms with van der Waals surface area (Å²) in [5, 5.41) is 2.68. The van der Waals surface area contributed by atoms with Crippen molar-refractivity contribution in [2.75, 3.05) is 19.7 Å². The first-order chi connectivity index (χ1) is 13.6. The number of carbonyl (C=O) groups excluding carboxylic acids is 2. The summed E-state index contributed by atoms with van der Waals surface area (Å²) < 4.78 is 70.9. The predicted octanol–water partition coefficient (Wildman–Crippen LogP) is 1.93. The van der Waals surface area contributed by atoms with Crippen molar-refractivity contribution in [1.29, 1.82) is 0 Å². The summed E-state index contributed by atoms with van der Waals surface area (Å²) >= 11 is 0. The Bertz CT molecular complexity index is 876. The fourth-order valence-electron chi connectivity index (χ4n) is 3.15. The fourth-order valence-corrected chi connectivity index (χ4v) is 4.83. The highest BCUT2D eigenvalue weighted by Gasteiger charge is 2.40. The van der Waals surface area contributed by atoms with Gasteiger partial charge in [0.25, 0.3) is 5.91 Å². The van der Waals surface area contributed by atoms with Gasteiger partial charge in [0.2, 0.25) is 10.0 Å². The number of sulfonamides is 1. The van der Waals surface area contributed by atoms with E-state index in [4.69, 9.17) is 4.74 Å². The van der Waals surface area contributed by atoms with Gasteiger partial charge in [-0.15, -0.1) is 0 Å². The van der Waals surface area contributed by atoms with Crippen LogP contribution in [0.5, 0.6) is 0 Å². The van der Waals surface area contributed by atoms with Gasteiger partial charge in [-0.3, -0.25) is 9.59 Å². The van der Waals surface area contributed by atoms with E-state index in [1.165, 1.54) is 6.07 Å². The first-order valence-electron chi connectivity index (χ1n) is 9.21. The minimum atomic E-state index is -4.80. The molecule has 1 saturated carbocycles. The second-order valence-corrected chi connectivity index (χ2v) is 9.03. The van der Waals surface area contributed by atoms with Crippen LogP contribution in [0.25, 0.3) is 0 Å². The molecule has 0 bridgehead atoms. The largest absolute Gasteiger partial charge is 0.455 e. The molecule has 1 heterocycles. The van der Waals surface area contributed by atoms with E-state index in [-0.39, 0.29) is 37.9 Å². The summed E-state index contributed by atoms with van der Waals surface area (Å²) in [5.74, 6) is -1.60. The molecule has 11 heteroatoms. The minimum Gasteiger partial charge on any atom is -0.455 e. The summed E-state index contributed by atoms with van der Waals surface area (Å²) in [6.07, 6.45) is -2.77. The van der Waals surface area contributed by atoms with Crippen LogP contribution in [0.15, 0.2) is 29.2 Å². The first-order valence-corrected chi connectivity index (χ1v) is 10.7. The SMILES string of the molecule is O=C(COC(=O)C1CCN(S(=O)(=O)c2ccccc2C(F)(F)F)CC1)NC1CC1. The molecule has 0 atom stereocenters. The lowest BCUT2D eigenvalue weighted by molar-refractivity contribution is -0.153. The second-order valence-electron chi connectivity index (χ2n) is 7.12. The standard InChI is InChI=1S/C18H21F3N2O5S/c19-18(20,21)14-3-1-2-4-15(14)29(26,27)23-9-7-12(8-10-23)17(25)28-11-16(24)22-13-5-6-13/h1-4,12-13H,5-11H2,(H,22,24). The lowest BCUT2D eigenvalue weighted by atomic mass is 9.98. The summed E-state index contributed by atoms with van der Waals surface area (Å²) in [4.78, 5) is 22.9. The molecular formula is C18H21F3N2O5S. The normalized spacial score (nSPS) is 19.0. The number of nitrogens with one attached hydrogen (secondary N) is 1. The summed E-state index contributed by atoms with van der Waals surface area (Å²) in [6, 6.07) is 4.16. The fraction of sp³-hybridized carbons (Fsp3) is 0.556. The van der Waals surface area contributed by atoms with E-state index in [0.717, 1.165) is 35.3 Å². The molecular weight excluding hydrogens is 413 g/mol. The number of hydrogen-bond donors (Lipinski definition) is 1. The molecule has 0 spiro atoms. The number of hydrogen-bond acceptors (Lipinski definition) is 5. The smallest absolute Gasteiger partial charge is 0.417 e. The Hall–Kier alpha value is -2.14. The van der Waals surface area contributed by atoms with E-state index in [1.54, 1.807) is 0 Å². The lowest BCUT2D eigenvalue weighted by Crippen LogP contribution is -2.41. The number of ether oxygens (including phenoxy) is 1. The number of esters is 1. The van der Waals surface area contributed by atoms with Gasteiger partial charge >= 0.3 is 12.1 Å². The number of amides is 1. The highest BCUT2D eigenvalue weighted by Crippen LogP contribution is 2.36. The van der Waals surface area contributed by atoms with Crippen LogP contribution in [-0.2, 0) is 30.5 Å². The Balaban J connectivity index is 1.58. The number of nitrogens with zero attached hydrogens (tertiary/aromatic N) is 1. The summed E-state index contributed by atoms with van der Waals surface area (Å²) in [7, 11) is -4.36. The molecule has 1 saturated heterocycles. The van der Waals surface area contributed by atoms with Gasteiger partial charge in [-0.2, -0.15) is 17.5 Å². The zero-order chi connectivity index (χ0) is 21.2. The van der Waals surface area contributed by atoms with E-state index in [2.05, 4.69) is 5.32 Å². The zero-order valence-electron chi connectivity index (χ0n) is 15.4. The van der Waals surface area contributed by atoms with Gasteiger partial charge in [-0.1, -0.05) is 12.1 Å². The van der Waals surface area contributed by atoms with E-state index in [1.807, 2.05) is 0 Å². The molecule has 1 aromatic rings. The van der Waals surface area contributed by atoms with Gasteiger partial charge in [-0.25, -0.2) is 8.42 Å². The number of halogens is 3. The van der Waals surface area contributed by atoms with Crippen molar-refractivity contribution < 1.29 is 35.9 Å². The van der Waals surface area contributed by atoms with Crippen molar-refractivity contribution in [1.82, 2.24) is 9.62 Å². The van der Waals surface area contributed by atoms with Crippen LogP contribution in [0.4, 0.5) is 13.2 Å². The Morgan fingerprint density at radius 3 is 2.31 bits per heavy atom. The molecule has 2 aliphatic rings. The maximum atomic E-state index is 13.2. The summed E-state index contributed by atoms with van der Waals surface area (Å²) in [5.41, 5.74) is -1.22. The van der Waals surface area contributed by atoms with Gasteiger partial charge in [0.1, 0.15) is 0 Å². The number of rotatable bonds is 6. The van der Waals surface area contributed by atoms with Crippen LogP contribution in [0.3, 0.4) is 0 Å². The topological polar surface area (TPSA) is 92.8 Å². The third-order valence-corrected chi connectivity index (χ3v) is 6.84. The zero-order valence-corrected chi connectivity index (χ0v) is 16.3. The molecule has 1 amide bonds. The molecule has 0 radical (unpaired) electrons. The Morgan fingerprint density at radius 1 is 1.10 bits per heavy atom. The maximum absolute atomic E-state index is 13.2. The van der Waals surface area contributed by atoms with Crippen molar-refractivity contribution in [3.8, 4) is 0 Å². The highest BCUT2D eigenvalue weighted by atomic mass is 32.2. The van der Waals surface area contributed by atoms with Gasteiger partial charge in [0.15, 0.2) is 6.61 Å². The Morgan fingerprint density at radius 2 is 1.72 bits per heavy atom. The van der Waals surface area contributed by atoms with Crippen molar-refractivity contribution >= 4 is 21.9 Å². The molecule has 1 aromatic carbocycles.